The molecule has 1 N–H and O–H groups in total. The molecule has 1 aromatic rings. The van der Waals surface area contributed by atoms with Gasteiger partial charge >= 0.3 is 12.1 Å². The maximum absolute atomic E-state index is 11.6. The van der Waals surface area contributed by atoms with Crippen molar-refractivity contribution in [2.75, 3.05) is 18.6 Å². The average molecular weight is 251 g/mol. The quantitative estimate of drug-likeness (QED) is 0.789. The van der Waals surface area contributed by atoms with Gasteiger partial charge in [-0.1, -0.05) is 18.2 Å². The van der Waals surface area contributed by atoms with Crippen LogP contribution in [0.2, 0.25) is 0 Å². The minimum atomic E-state index is -0.820. The molecule has 0 aromatic heterocycles. The van der Waals surface area contributed by atoms with E-state index in [9.17, 15) is 9.59 Å². The lowest BCUT2D eigenvalue weighted by Crippen LogP contribution is -2.31. The van der Waals surface area contributed by atoms with Crippen molar-refractivity contribution in [2.24, 2.45) is 0 Å². The number of carboxylic acids is 1. The largest absolute Gasteiger partial charge is 0.481 e. The first-order valence-corrected chi connectivity index (χ1v) is 5.77. The molecule has 0 unspecified atom stereocenters. The van der Waals surface area contributed by atoms with Crippen LogP contribution in [0.15, 0.2) is 30.3 Å². The van der Waals surface area contributed by atoms with Crippen LogP contribution in [0.5, 0.6) is 0 Å². The topological polar surface area (TPSA) is 66.8 Å². The molecule has 98 valence electrons. The van der Waals surface area contributed by atoms with E-state index < -0.39 is 12.1 Å². The van der Waals surface area contributed by atoms with Gasteiger partial charge in [0.2, 0.25) is 0 Å². The number of anilines is 1. The standard InChI is InChI=1S/C13H17NO4/c1-18-13(17)14(10-6-5-9-12(15)16)11-7-3-2-4-8-11/h2-4,7-8H,5-6,9-10H2,1H3,(H,15,16). The molecule has 0 atom stereocenters. The number of nitrogens with zero attached hydrogens (tertiary/aromatic N) is 1. The second-order valence-corrected chi connectivity index (χ2v) is 3.81. The normalized spacial score (nSPS) is 9.83. The highest BCUT2D eigenvalue weighted by atomic mass is 16.5. The molecular formula is C13H17NO4. The maximum atomic E-state index is 11.6. The number of rotatable bonds is 6. The number of benzene rings is 1. The summed E-state index contributed by atoms with van der Waals surface area (Å²) in [5.41, 5.74) is 0.750. The fourth-order valence-electron chi connectivity index (χ4n) is 1.59. The number of para-hydroxylation sites is 1. The molecule has 0 aliphatic rings. The lowest BCUT2D eigenvalue weighted by Gasteiger charge is -2.20. The van der Waals surface area contributed by atoms with Crippen LogP contribution in [0.3, 0.4) is 0 Å². The monoisotopic (exact) mass is 251 g/mol. The summed E-state index contributed by atoms with van der Waals surface area (Å²) in [6, 6.07) is 9.16. The number of ether oxygens (including phenoxy) is 1. The lowest BCUT2D eigenvalue weighted by molar-refractivity contribution is -0.137. The minimum absolute atomic E-state index is 0.115. The molecule has 0 saturated heterocycles. The highest BCUT2D eigenvalue weighted by Crippen LogP contribution is 2.15. The lowest BCUT2D eigenvalue weighted by atomic mass is 10.2. The van der Waals surface area contributed by atoms with Crippen LogP contribution >= 0.6 is 0 Å². The average Bonchev–Trinajstić information content (AvgIpc) is 2.38. The fraction of sp³-hybridized carbons (Fsp3) is 0.385. The van der Waals surface area contributed by atoms with E-state index in [2.05, 4.69) is 0 Å². The Bertz CT molecular complexity index is 391. The third-order valence-corrected chi connectivity index (χ3v) is 2.49. The third kappa shape index (κ3) is 4.45. The smallest absolute Gasteiger partial charge is 0.413 e. The maximum Gasteiger partial charge on any atom is 0.413 e. The number of carbonyl (C=O) groups excluding carboxylic acids is 1. The number of carboxylic acid groups (broad SMARTS) is 1. The van der Waals surface area contributed by atoms with E-state index in [0.29, 0.717) is 19.4 Å². The zero-order valence-electron chi connectivity index (χ0n) is 10.3. The van der Waals surface area contributed by atoms with Crippen LogP contribution in [0.4, 0.5) is 10.5 Å². The van der Waals surface area contributed by atoms with E-state index in [1.54, 1.807) is 0 Å². The highest BCUT2D eigenvalue weighted by molar-refractivity contribution is 5.87. The summed E-state index contributed by atoms with van der Waals surface area (Å²) in [5, 5.41) is 8.55. The number of aliphatic carboxylic acids is 1. The van der Waals surface area contributed by atoms with Gasteiger partial charge in [-0.15, -0.1) is 0 Å². The predicted molar refractivity (Wildman–Crippen MR) is 67.7 cm³/mol. The molecule has 5 nitrogen and oxygen atoms in total. The molecular weight excluding hydrogens is 234 g/mol. The SMILES string of the molecule is COC(=O)N(CCCCC(=O)O)c1ccccc1. The van der Waals surface area contributed by atoms with E-state index in [1.807, 2.05) is 30.3 Å². The number of unbranched alkanes of at least 4 members (excludes halogenated alkanes) is 1. The van der Waals surface area contributed by atoms with Crippen LogP contribution < -0.4 is 4.90 Å². The molecule has 0 aliphatic carbocycles. The van der Waals surface area contributed by atoms with E-state index in [-0.39, 0.29) is 6.42 Å². The number of methoxy groups -OCH3 is 1. The summed E-state index contributed by atoms with van der Waals surface area (Å²) in [7, 11) is 1.33. The van der Waals surface area contributed by atoms with Crippen LogP contribution in [0.25, 0.3) is 0 Å². The Morgan fingerprint density at radius 1 is 1.22 bits per heavy atom. The zero-order valence-corrected chi connectivity index (χ0v) is 10.3. The van der Waals surface area contributed by atoms with E-state index in [4.69, 9.17) is 9.84 Å². The van der Waals surface area contributed by atoms with E-state index in [0.717, 1.165) is 5.69 Å². The summed E-state index contributed by atoms with van der Waals surface area (Å²) < 4.78 is 4.72. The Morgan fingerprint density at radius 3 is 2.44 bits per heavy atom. The molecule has 5 heteroatoms. The summed E-state index contributed by atoms with van der Waals surface area (Å²) in [5.74, 6) is -0.820. The van der Waals surface area contributed by atoms with Gasteiger partial charge < -0.3 is 9.84 Å². The van der Waals surface area contributed by atoms with Crippen molar-refractivity contribution >= 4 is 17.7 Å². The number of carbonyl (C=O) groups is 2. The second kappa shape index (κ2) is 7.32. The molecule has 18 heavy (non-hydrogen) atoms. The Hall–Kier alpha value is -2.04. The van der Waals surface area contributed by atoms with Gasteiger partial charge in [0, 0.05) is 18.7 Å². The Balaban J connectivity index is 2.57. The molecule has 0 spiro atoms. The van der Waals surface area contributed by atoms with Crippen LogP contribution in [0, 0.1) is 0 Å². The van der Waals surface area contributed by atoms with Crippen molar-refractivity contribution < 1.29 is 19.4 Å². The highest BCUT2D eigenvalue weighted by Gasteiger charge is 2.15. The summed E-state index contributed by atoms with van der Waals surface area (Å²) in [6.07, 6.45) is 0.840. The van der Waals surface area contributed by atoms with Crippen molar-refractivity contribution in [2.45, 2.75) is 19.3 Å². The summed E-state index contributed by atoms with van der Waals surface area (Å²) >= 11 is 0. The van der Waals surface area contributed by atoms with Crippen LogP contribution in [0.1, 0.15) is 19.3 Å². The van der Waals surface area contributed by atoms with Gasteiger partial charge in [0.25, 0.3) is 0 Å². The Labute approximate surface area is 106 Å². The van der Waals surface area contributed by atoms with Crippen molar-refractivity contribution in [1.29, 1.82) is 0 Å². The fourth-order valence-corrected chi connectivity index (χ4v) is 1.59. The van der Waals surface area contributed by atoms with Crippen LogP contribution in [-0.2, 0) is 9.53 Å². The number of hydrogen-bond acceptors (Lipinski definition) is 3. The molecule has 0 radical (unpaired) electrons. The van der Waals surface area contributed by atoms with E-state index >= 15 is 0 Å². The van der Waals surface area contributed by atoms with Crippen molar-refractivity contribution in [3.63, 3.8) is 0 Å². The molecule has 0 saturated carbocycles. The predicted octanol–water partition coefficient (Wildman–Crippen LogP) is 2.51. The first-order valence-electron chi connectivity index (χ1n) is 5.77. The van der Waals surface area contributed by atoms with E-state index in [1.165, 1.54) is 12.0 Å². The molecule has 1 aromatic carbocycles. The number of amides is 1. The van der Waals surface area contributed by atoms with Crippen molar-refractivity contribution in [1.82, 2.24) is 0 Å². The van der Waals surface area contributed by atoms with Gasteiger partial charge in [-0.2, -0.15) is 0 Å². The Morgan fingerprint density at radius 2 is 1.89 bits per heavy atom. The zero-order chi connectivity index (χ0) is 13.4. The number of hydrogen-bond donors (Lipinski definition) is 1. The first kappa shape index (κ1) is 14.0. The molecule has 1 amide bonds. The molecule has 1 rings (SSSR count). The molecule has 0 fully saturated rings. The van der Waals surface area contributed by atoms with Gasteiger partial charge in [0.05, 0.1) is 7.11 Å². The third-order valence-electron chi connectivity index (χ3n) is 2.49. The summed E-state index contributed by atoms with van der Waals surface area (Å²) in [4.78, 5) is 23.5. The molecule has 0 bridgehead atoms. The van der Waals surface area contributed by atoms with Gasteiger partial charge in [-0.25, -0.2) is 4.79 Å². The van der Waals surface area contributed by atoms with Crippen LogP contribution in [-0.4, -0.2) is 30.8 Å². The second-order valence-electron chi connectivity index (χ2n) is 3.81. The van der Waals surface area contributed by atoms with Gasteiger partial charge in [0.15, 0.2) is 0 Å². The van der Waals surface area contributed by atoms with Crippen molar-refractivity contribution in [3.05, 3.63) is 30.3 Å². The minimum Gasteiger partial charge on any atom is -0.481 e. The summed E-state index contributed by atoms with van der Waals surface area (Å²) in [6.45, 7) is 0.448. The molecule has 0 aliphatic heterocycles. The van der Waals surface area contributed by atoms with Gasteiger partial charge in [-0.05, 0) is 25.0 Å². The molecule has 0 heterocycles. The van der Waals surface area contributed by atoms with Gasteiger partial charge in [0.1, 0.15) is 0 Å². The van der Waals surface area contributed by atoms with Crippen molar-refractivity contribution in [3.8, 4) is 0 Å². The Kier molecular flexibility index (Phi) is 5.70. The van der Waals surface area contributed by atoms with Gasteiger partial charge in [-0.3, -0.25) is 9.69 Å². The first-order chi connectivity index (χ1) is 8.65.